The molecule has 30 heavy (non-hydrogen) atoms. The van der Waals surface area contributed by atoms with E-state index < -0.39 is 23.3 Å². The van der Waals surface area contributed by atoms with E-state index in [1.807, 2.05) is 24.3 Å². The van der Waals surface area contributed by atoms with Gasteiger partial charge >= 0.3 is 6.01 Å². The van der Waals surface area contributed by atoms with Crippen LogP contribution < -0.4 is 4.74 Å². The van der Waals surface area contributed by atoms with E-state index in [0.717, 1.165) is 17.4 Å². The van der Waals surface area contributed by atoms with Gasteiger partial charge in [0.05, 0.1) is 18.0 Å². The molecule has 0 unspecified atom stereocenters. The first kappa shape index (κ1) is 18.4. The van der Waals surface area contributed by atoms with Gasteiger partial charge in [-0.1, -0.05) is 6.07 Å². The highest BCUT2D eigenvalue weighted by atomic mass is 19.1. The molecule has 0 saturated carbocycles. The van der Waals surface area contributed by atoms with Crippen molar-refractivity contribution in [2.75, 3.05) is 6.61 Å². The molecule has 0 aliphatic carbocycles. The Hall–Kier alpha value is -3.66. The maximum atomic E-state index is 14.3. The van der Waals surface area contributed by atoms with Crippen LogP contribution in [0.4, 0.5) is 8.78 Å². The van der Waals surface area contributed by atoms with Crippen molar-refractivity contribution in [2.45, 2.75) is 18.6 Å². The SMILES string of the molecule is C[C@@H](Oc1nccn1-c1ccc(-n2cnnn2)cc1)[C@@]1(c2ccc(F)cc2F)CO1. The molecule has 0 amide bonds. The summed E-state index contributed by atoms with van der Waals surface area (Å²) in [4.78, 5) is 4.27. The van der Waals surface area contributed by atoms with E-state index in [4.69, 9.17) is 9.47 Å². The zero-order valence-electron chi connectivity index (χ0n) is 15.8. The molecule has 2 aromatic heterocycles. The summed E-state index contributed by atoms with van der Waals surface area (Å²) in [5.74, 6) is -1.30. The molecule has 8 nitrogen and oxygen atoms in total. The number of benzene rings is 2. The van der Waals surface area contributed by atoms with Gasteiger partial charge in [-0.2, -0.15) is 0 Å². The van der Waals surface area contributed by atoms with E-state index in [2.05, 4.69) is 20.5 Å². The summed E-state index contributed by atoms with van der Waals surface area (Å²) in [6.07, 6.45) is 4.31. The minimum atomic E-state index is -0.974. The van der Waals surface area contributed by atoms with Crippen molar-refractivity contribution in [3.63, 3.8) is 0 Å². The number of aromatic nitrogens is 6. The molecule has 1 aliphatic heterocycles. The molecule has 0 radical (unpaired) electrons. The predicted octanol–water partition coefficient (Wildman–Crippen LogP) is 2.82. The van der Waals surface area contributed by atoms with Crippen molar-refractivity contribution in [3.05, 3.63) is 78.4 Å². The zero-order chi connectivity index (χ0) is 20.7. The van der Waals surface area contributed by atoms with Gasteiger partial charge in [0.1, 0.15) is 24.1 Å². The summed E-state index contributed by atoms with van der Waals surface area (Å²) < 4.78 is 42.5. The Morgan fingerprint density at radius 1 is 1.13 bits per heavy atom. The van der Waals surface area contributed by atoms with Gasteiger partial charge in [-0.25, -0.2) is 18.4 Å². The molecule has 2 atom stereocenters. The van der Waals surface area contributed by atoms with Gasteiger partial charge in [-0.15, -0.1) is 5.10 Å². The third-order valence-corrected chi connectivity index (χ3v) is 5.13. The lowest BCUT2D eigenvalue weighted by Crippen LogP contribution is -2.32. The Labute approximate surface area is 169 Å². The van der Waals surface area contributed by atoms with Crippen molar-refractivity contribution < 1.29 is 18.3 Å². The highest BCUT2D eigenvalue weighted by Gasteiger charge is 2.54. The first-order valence-electron chi connectivity index (χ1n) is 9.20. The lowest BCUT2D eigenvalue weighted by atomic mass is 9.94. The normalized spacial score (nSPS) is 18.9. The van der Waals surface area contributed by atoms with E-state index >= 15 is 0 Å². The van der Waals surface area contributed by atoms with Gasteiger partial charge in [0.25, 0.3) is 0 Å². The summed E-state index contributed by atoms with van der Waals surface area (Å²) in [5.41, 5.74) is 0.903. The molecule has 3 heterocycles. The van der Waals surface area contributed by atoms with Crippen LogP contribution in [0.3, 0.4) is 0 Å². The third kappa shape index (κ3) is 3.11. The maximum Gasteiger partial charge on any atom is 0.301 e. The van der Waals surface area contributed by atoms with Gasteiger partial charge in [-0.05, 0) is 47.7 Å². The summed E-state index contributed by atoms with van der Waals surface area (Å²) in [6, 6.07) is 11.2. The van der Waals surface area contributed by atoms with Crippen LogP contribution in [0.25, 0.3) is 11.4 Å². The molecule has 4 aromatic rings. The number of hydrogen-bond donors (Lipinski definition) is 0. The molecular weight excluding hydrogens is 394 g/mol. The standard InChI is InChI=1S/C20H16F2N6O2/c1-13(20(11-29-20)17-7-2-14(21)10-18(17)22)30-19-23-8-9-27(19)15-3-5-16(6-4-15)28-12-24-25-26-28/h2-10,12-13H,11H2,1H3/t13-,20-/m1/s1. The second kappa shape index (κ2) is 6.99. The fourth-order valence-corrected chi connectivity index (χ4v) is 3.39. The first-order valence-corrected chi connectivity index (χ1v) is 9.20. The van der Waals surface area contributed by atoms with Gasteiger partial charge in [0.15, 0.2) is 5.60 Å². The van der Waals surface area contributed by atoms with E-state index in [0.29, 0.717) is 6.01 Å². The second-order valence-electron chi connectivity index (χ2n) is 6.91. The van der Waals surface area contributed by atoms with Crippen molar-refractivity contribution in [1.82, 2.24) is 29.8 Å². The number of halogens is 2. The van der Waals surface area contributed by atoms with Crippen LogP contribution in [-0.2, 0) is 10.3 Å². The zero-order valence-corrected chi connectivity index (χ0v) is 15.8. The number of nitrogens with zero attached hydrogens (tertiary/aromatic N) is 6. The van der Waals surface area contributed by atoms with Crippen molar-refractivity contribution in [1.29, 1.82) is 0 Å². The maximum absolute atomic E-state index is 14.3. The van der Waals surface area contributed by atoms with Crippen LogP contribution in [0.5, 0.6) is 6.01 Å². The lowest BCUT2D eigenvalue weighted by Gasteiger charge is -2.22. The van der Waals surface area contributed by atoms with Crippen molar-refractivity contribution in [2.24, 2.45) is 0 Å². The minimum Gasteiger partial charge on any atom is -0.458 e. The molecule has 152 valence electrons. The number of rotatable bonds is 6. The lowest BCUT2D eigenvalue weighted by molar-refractivity contribution is 0.0964. The van der Waals surface area contributed by atoms with Gasteiger partial charge in [0, 0.05) is 24.0 Å². The Bertz CT molecular complexity index is 1170. The number of hydrogen-bond acceptors (Lipinski definition) is 6. The Morgan fingerprint density at radius 2 is 1.90 bits per heavy atom. The van der Waals surface area contributed by atoms with Crippen LogP contribution in [0, 0.1) is 11.6 Å². The molecule has 0 bridgehead atoms. The van der Waals surface area contributed by atoms with Crippen LogP contribution >= 0.6 is 0 Å². The van der Waals surface area contributed by atoms with E-state index in [-0.39, 0.29) is 12.2 Å². The van der Waals surface area contributed by atoms with Gasteiger partial charge < -0.3 is 9.47 Å². The topological polar surface area (TPSA) is 83.2 Å². The quantitative estimate of drug-likeness (QED) is 0.455. The number of epoxide rings is 1. The highest BCUT2D eigenvalue weighted by molar-refractivity contribution is 5.42. The van der Waals surface area contributed by atoms with Crippen molar-refractivity contribution in [3.8, 4) is 17.4 Å². The molecule has 5 rings (SSSR count). The summed E-state index contributed by atoms with van der Waals surface area (Å²) in [6.45, 7) is 2.05. The average Bonchev–Trinajstić information content (AvgIpc) is 3.14. The molecule has 1 fully saturated rings. The average molecular weight is 410 g/mol. The van der Waals surface area contributed by atoms with Crippen LogP contribution in [0.15, 0.2) is 61.2 Å². The van der Waals surface area contributed by atoms with E-state index in [1.165, 1.54) is 18.5 Å². The molecule has 0 spiro atoms. The molecule has 0 N–H and O–H groups in total. The first-order chi connectivity index (χ1) is 14.6. The third-order valence-electron chi connectivity index (χ3n) is 5.13. The molecule has 1 saturated heterocycles. The number of imidazole rings is 1. The fourth-order valence-electron chi connectivity index (χ4n) is 3.39. The van der Waals surface area contributed by atoms with Crippen LogP contribution in [0.1, 0.15) is 12.5 Å². The second-order valence-corrected chi connectivity index (χ2v) is 6.91. The minimum absolute atomic E-state index is 0.264. The summed E-state index contributed by atoms with van der Waals surface area (Å²) in [5, 5.41) is 11.1. The fraction of sp³-hybridized carbons (Fsp3) is 0.200. The number of tetrazole rings is 1. The van der Waals surface area contributed by atoms with Crippen LogP contribution in [0.2, 0.25) is 0 Å². The summed E-state index contributed by atoms with van der Waals surface area (Å²) in [7, 11) is 0. The van der Waals surface area contributed by atoms with E-state index in [9.17, 15) is 8.78 Å². The molecular formula is C20H16F2N6O2. The monoisotopic (exact) mass is 410 g/mol. The Morgan fingerprint density at radius 3 is 2.57 bits per heavy atom. The predicted molar refractivity (Wildman–Crippen MR) is 100 cm³/mol. The molecule has 10 heteroatoms. The van der Waals surface area contributed by atoms with E-state index in [1.54, 1.807) is 28.6 Å². The molecule has 1 aliphatic rings. The molecule has 2 aromatic carbocycles. The summed E-state index contributed by atoms with van der Waals surface area (Å²) >= 11 is 0. The smallest absolute Gasteiger partial charge is 0.301 e. The van der Waals surface area contributed by atoms with Gasteiger partial charge in [-0.3, -0.25) is 4.57 Å². The van der Waals surface area contributed by atoms with Gasteiger partial charge in [0.2, 0.25) is 0 Å². The van der Waals surface area contributed by atoms with Crippen LogP contribution in [-0.4, -0.2) is 42.5 Å². The largest absolute Gasteiger partial charge is 0.458 e. The highest BCUT2D eigenvalue weighted by Crippen LogP contribution is 2.44. The van der Waals surface area contributed by atoms with Crippen molar-refractivity contribution >= 4 is 0 Å². The Balaban J connectivity index is 1.39. The Kier molecular flexibility index (Phi) is 4.28. The number of ether oxygens (including phenoxy) is 2.